The molecule has 0 bridgehead atoms. The van der Waals surface area contributed by atoms with E-state index < -0.39 is 6.10 Å². The molecule has 2 rings (SSSR count). The van der Waals surface area contributed by atoms with Crippen molar-refractivity contribution in [1.82, 2.24) is 5.32 Å². The number of nitrogens with one attached hydrogen (secondary N) is 1. The van der Waals surface area contributed by atoms with Crippen LogP contribution in [-0.4, -0.2) is 17.6 Å². The second-order valence-electron chi connectivity index (χ2n) is 3.63. The first-order valence-corrected chi connectivity index (χ1v) is 5.28. The minimum atomic E-state index is -0.626. The number of hydrogen-bond acceptors (Lipinski definition) is 4. The van der Waals surface area contributed by atoms with Gasteiger partial charge in [0.2, 0.25) is 0 Å². The van der Waals surface area contributed by atoms with Gasteiger partial charge in [0.15, 0.2) is 0 Å². The Morgan fingerprint density at radius 1 is 1.29 bits per heavy atom. The molecule has 0 fully saturated rings. The maximum atomic E-state index is 11.5. The standard InChI is InChI=1S/C12H13NO4/c14-11(9-2-5-16-7-9)1-4-13-12(15)10-3-6-17-8-10/h2-3,5-8,11,14H,1,4H2,(H,13,15). The summed E-state index contributed by atoms with van der Waals surface area (Å²) in [6.45, 7) is 0.385. The molecule has 0 saturated carbocycles. The fourth-order valence-corrected chi connectivity index (χ4v) is 1.45. The summed E-state index contributed by atoms with van der Waals surface area (Å²) >= 11 is 0. The molecule has 0 aliphatic carbocycles. The van der Waals surface area contributed by atoms with Gasteiger partial charge in [0.05, 0.1) is 30.5 Å². The third-order valence-corrected chi connectivity index (χ3v) is 2.41. The Kier molecular flexibility index (Phi) is 3.62. The Morgan fingerprint density at radius 3 is 2.71 bits per heavy atom. The topological polar surface area (TPSA) is 75.6 Å². The highest BCUT2D eigenvalue weighted by molar-refractivity contribution is 5.93. The van der Waals surface area contributed by atoms with Gasteiger partial charge in [0.25, 0.3) is 5.91 Å². The second-order valence-corrected chi connectivity index (χ2v) is 3.63. The molecule has 0 aromatic carbocycles. The van der Waals surface area contributed by atoms with Crippen LogP contribution in [0.15, 0.2) is 46.0 Å². The van der Waals surface area contributed by atoms with Gasteiger partial charge in [0.1, 0.15) is 6.26 Å². The van der Waals surface area contributed by atoms with Crippen LogP contribution in [0, 0.1) is 0 Å². The van der Waals surface area contributed by atoms with Crippen molar-refractivity contribution in [3.8, 4) is 0 Å². The molecule has 17 heavy (non-hydrogen) atoms. The number of amides is 1. The number of rotatable bonds is 5. The van der Waals surface area contributed by atoms with Crippen LogP contribution < -0.4 is 5.32 Å². The molecule has 0 spiro atoms. The van der Waals surface area contributed by atoms with Gasteiger partial charge in [-0.05, 0) is 18.6 Å². The Morgan fingerprint density at radius 2 is 2.06 bits per heavy atom. The van der Waals surface area contributed by atoms with Gasteiger partial charge in [-0.3, -0.25) is 4.79 Å². The van der Waals surface area contributed by atoms with Gasteiger partial charge >= 0.3 is 0 Å². The zero-order valence-electron chi connectivity index (χ0n) is 9.13. The van der Waals surface area contributed by atoms with Crippen molar-refractivity contribution in [2.45, 2.75) is 12.5 Å². The lowest BCUT2D eigenvalue weighted by atomic mass is 10.1. The lowest BCUT2D eigenvalue weighted by molar-refractivity contribution is 0.0942. The average Bonchev–Trinajstić information content (AvgIpc) is 3.02. The first-order chi connectivity index (χ1) is 8.27. The molecule has 0 aliphatic heterocycles. The zero-order valence-corrected chi connectivity index (χ0v) is 9.13. The van der Waals surface area contributed by atoms with Crippen molar-refractivity contribution in [2.75, 3.05) is 6.54 Å². The predicted molar refractivity (Wildman–Crippen MR) is 59.3 cm³/mol. The van der Waals surface area contributed by atoms with Crippen LogP contribution in [0.1, 0.15) is 28.4 Å². The third-order valence-electron chi connectivity index (χ3n) is 2.41. The van der Waals surface area contributed by atoms with Gasteiger partial charge < -0.3 is 19.3 Å². The summed E-state index contributed by atoms with van der Waals surface area (Å²) in [5, 5.41) is 12.4. The van der Waals surface area contributed by atoms with Crippen molar-refractivity contribution in [3.63, 3.8) is 0 Å². The van der Waals surface area contributed by atoms with Crippen LogP contribution in [0.2, 0.25) is 0 Å². The van der Waals surface area contributed by atoms with E-state index in [0.29, 0.717) is 24.1 Å². The van der Waals surface area contributed by atoms with Gasteiger partial charge in [-0.25, -0.2) is 0 Å². The van der Waals surface area contributed by atoms with Crippen LogP contribution >= 0.6 is 0 Å². The number of hydrogen-bond donors (Lipinski definition) is 2. The molecule has 90 valence electrons. The lowest BCUT2D eigenvalue weighted by Crippen LogP contribution is -2.25. The summed E-state index contributed by atoms with van der Waals surface area (Å²) in [5.74, 6) is -0.210. The fourth-order valence-electron chi connectivity index (χ4n) is 1.45. The van der Waals surface area contributed by atoms with Gasteiger partial charge in [-0.2, -0.15) is 0 Å². The number of furan rings is 2. The zero-order chi connectivity index (χ0) is 12.1. The molecule has 0 saturated heterocycles. The van der Waals surface area contributed by atoms with Crippen molar-refractivity contribution >= 4 is 5.91 Å². The monoisotopic (exact) mass is 235 g/mol. The molecule has 0 radical (unpaired) electrons. The maximum Gasteiger partial charge on any atom is 0.254 e. The lowest BCUT2D eigenvalue weighted by Gasteiger charge is -2.08. The second kappa shape index (κ2) is 5.36. The summed E-state index contributed by atoms with van der Waals surface area (Å²) in [4.78, 5) is 11.5. The fraction of sp³-hybridized carbons (Fsp3) is 0.250. The largest absolute Gasteiger partial charge is 0.472 e. The van der Waals surface area contributed by atoms with Crippen molar-refractivity contribution in [1.29, 1.82) is 0 Å². The molecule has 2 heterocycles. The van der Waals surface area contributed by atoms with Crippen LogP contribution in [0.4, 0.5) is 0 Å². The number of aliphatic hydroxyl groups excluding tert-OH is 1. The SMILES string of the molecule is O=C(NCCC(O)c1ccoc1)c1ccoc1. The van der Waals surface area contributed by atoms with E-state index in [1.807, 2.05) is 0 Å². The molecule has 1 amide bonds. The Balaban J connectivity index is 1.75. The first kappa shape index (κ1) is 11.5. The molecule has 2 aromatic rings. The Hall–Kier alpha value is -2.01. The summed E-state index contributed by atoms with van der Waals surface area (Å²) in [6.07, 6.45) is 5.61. The average molecular weight is 235 g/mol. The van der Waals surface area contributed by atoms with Crippen molar-refractivity contribution in [3.05, 3.63) is 48.3 Å². The maximum absolute atomic E-state index is 11.5. The highest BCUT2D eigenvalue weighted by Gasteiger charge is 2.10. The normalized spacial score (nSPS) is 12.3. The van der Waals surface area contributed by atoms with E-state index in [4.69, 9.17) is 8.83 Å². The number of carbonyl (C=O) groups excluding carboxylic acids is 1. The number of aliphatic hydroxyl groups is 1. The first-order valence-electron chi connectivity index (χ1n) is 5.28. The third kappa shape index (κ3) is 2.98. The summed E-state index contributed by atoms with van der Waals surface area (Å²) in [7, 11) is 0. The molecule has 5 nitrogen and oxygen atoms in total. The minimum Gasteiger partial charge on any atom is -0.472 e. The smallest absolute Gasteiger partial charge is 0.254 e. The molecule has 1 unspecified atom stereocenters. The minimum absolute atomic E-state index is 0.210. The highest BCUT2D eigenvalue weighted by Crippen LogP contribution is 2.15. The van der Waals surface area contributed by atoms with Gasteiger partial charge in [-0.15, -0.1) is 0 Å². The summed E-state index contributed by atoms with van der Waals surface area (Å²) in [5.41, 5.74) is 1.19. The van der Waals surface area contributed by atoms with Crippen LogP contribution in [0.25, 0.3) is 0 Å². The van der Waals surface area contributed by atoms with Crippen LogP contribution in [0.3, 0.4) is 0 Å². The van der Waals surface area contributed by atoms with Crippen molar-refractivity contribution in [2.24, 2.45) is 0 Å². The van der Waals surface area contributed by atoms with Crippen LogP contribution in [-0.2, 0) is 0 Å². The van der Waals surface area contributed by atoms with E-state index in [-0.39, 0.29) is 5.91 Å². The van der Waals surface area contributed by atoms with E-state index in [0.717, 1.165) is 0 Å². The molecular formula is C12H13NO4. The molecule has 1 atom stereocenters. The number of carbonyl (C=O) groups is 1. The molecule has 2 N–H and O–H groups in total. The summed E-state index contributed by atoms with van der Waals surface area (Å²) in [6, 6.07) is 3.28. The molecule has 2 aromatic heterocycles. The quantitative estimate of drug-likeness (QED) is 0.827. The van der Waals surface area contributed by atoms with Crippen molar-refractivity contribution < 1.29 is 18.7 Å². The van der Waals surface area contributed by atoms with E-state index in [9.17, 15) is 9.90 Å². The van der Waals surface area contributed by atoms with Crippen LogP contribution in [0.5, 0.6) is 0 Å². The highest BCUT2D eigenvalue weighted by atomic mass is 16.3. The molecule has 5 heteroatoms. The Bertz CT molecular complexity index is 447. The Labute approximate surface area is 98.0 Å². The molecular weight excluding hydrogens is 222 g/mol. The van der Waals surface area contributed by atoms with E-state index in [1.54, 1.807) is 12.1 Å². The predicted octanol–water partition coefficient (Wildman–Crippen LogP) is 1.73. The van der Waals surface area contributed by atoms with E-state index >= 15 is 0 Å². The van der Waals surface area contributed by atoms with E-state index in [1.165, 1.54) is 25.1 Å². The summed E-state index contributed by atoms with van der Waals surface area (Å²) < 4.78 is 9.66. The van der Waals surface area contributed by atoms with E-state index in [2.05, 4.69) is 5.32 Å². The van der Waals surface area contributed by atoms with Gasteiger partial charge in [-0.1, -0.05) is 0 Å². The molecule has 0 aliphatic rings. The van der Waals surface area contributed by atoms with Gasteiger partial charge in [0, 0.05) is 12.1 Å².